The molecule has 0 atom stereocenters. The Hall–Kier alpha value is -2.98. The molecule has 7 heteroatoms. The van der Waals surface area contributed by atoms with Crippen LogP contribution in [0.2, 0.25) is 0 Å². The lowest BCUT2D eigenvalue weighted by Gasteiger charge is -2.53. The molecule has 0 unspecified atom stereocenters. The van der Waals surface area contributed by atoms with Gasteiger partial charge in [0.2, 0.25) is 5.91 Å². The summed E-state index contributed by atoms with van der Waals surface area (Å²) in [6.07, 6.45) is 5.06. The average Bonchev–Trinajstić information content (AvgIpc) is 2.76. The van der Waals surface area contributed by atoms with Crippen molar-refractivity contribution in [3.8, 4) is 6.07 Å². The quantitative estimate of drug-likeness (QED) is 0.615. The lowest BCUT2D eigenvalue weighted by molar-refractivity contribution is -0.140. The van der Waals surface area contributed by atoms with E-state index in [1.54, 1.807) is 17.0 Å². The molecular weight excluding hydrogens is 461 g/mol. The van der Waals surface area contributed by atoms with E-state index in [9.17, 15) is 14.0 Å². The van der Waals surface area contributed by atoms with Crippen LogP contribution in [0, 0.1) is 22.6 Å². The summed E-state index contributed by atoms with van der Waals surface area (Å²) in [5.74, 6) is -0.894. The Balaban J connectivity index is 1.29. The number of carbonyl (C=O) groups excluding carboxylic acids is 2. The fraction of sp³-hybridized carbons (Fsp3) is 0.292. The van der Waals surface area contributed by atoms with E-state index in [2.05, 4.69) is 15.9 Å². The molecule has 2 saturated heterocycles. The normalized spacial score (nSPS) is 17.5. The molecule has 5 nitrogen and oxygen atoms in total. The molecule has 158 valence electrons. The van der Waals surface area contributed by atoms with Crippen LogP contribution in [0.5, 0.6) is 0 Å². The molecule has 2 aliphatic heterocycles. The number of rotatable bonds is 3. The van der Waals surface area contributed by atoms with Crippen LogP contribution in [0.25, 0.3) is 6.08 Å². The monoisotopic (exact) mass is 481 g/mol. The van der Waals surface area contributed by atoms with Crippen LogP contribution in [0.4, 0.5) is 4.39 Å². The van der Waals surface area contributed by atoms with Gasteiger partial charge < -0.3 is 9.80 Å². The molecule has 0 saturated carbocycles. The first-order chi connectivity index (χ1) is 14.9. The Labute approximate surface area is 188 Å². The number of amides is 2. The number of nitriles is 1. The topological polar surface area (TPSA) is 64.4 Å². The number of nitrogens with zero attached hydrogens (tertiary/aromatic N) is 3. The molecule has 0 N–H and O–H groups in total. The highest BCUT2D eigenvalue weighted by atomic mass is 79.9. The molecule has 2 heterocycles. The molecule has 0 radical (unpaired) electrons. The van der Waals surface area contributed by atoms with Crippen LogP contribution >= 0.6 is 15.9 Å². The Bertz CT molecular complexity index is 1070. The molecule has 4 rings (SSSR count). The van der Waals surface area contributed by atoms with E-state index in [1.807, 2.05) is 35.2 Å². The van der Waals surface area contributed by atoms with Gasteiger partial charge in [0.1, 0.15) is 11.9 Å². The number of hydrogen-bond donors (Lipinski definition) is 0. The largest absolute Gasteiger partial charge is 0.339 e. The fourth-order valence-corrected chi connectivity index (χ4v) is 4.45. The standard InChI is InChI=1S/C24H21BrFN3O2/c25-20-6-1-17(2-7-20)3-8-22(30)29-15-24(16-29)9-11-28(12-10-24)23(31)18-4-5-19(14-27)21(26)13-18/h1-8,13H,9-12,15-16H2/b8-3+. The number of carbonyl (C=O) groups is 2. The van der Waals surface area contributed by atoms with Gasteiger partial charge in [-0.2, -0.15) is 5.26 Å². The van der Waals surface area contributed by atoms with Gasteiger partial charge in [-0.1, -0.05) is 28.1 Å². The molecule has 1 spiro atoms. The van der Waals surface area contributed by atoms with Crippen molar-refractivity contribution in [2.45, 2.75) is 12.8 Å². The van der Waals surface area contributed by atoms with Gasteiger partial charge >= 0.3 is 0 Å². The highest BCUT2D eigenvalue weighted by Crippen LogP contribution is 2.40. The molecule has 2 fully saturated rings. The molecule has 2 aromatic rings. The van der Waals surface area contributed by atoms with Crippen molar-refractivity contribution in [1.82, 2.24) is 9.80 Å². The zero-order chi connectivity index (χ0) is 22.0. The van der Waals surface area contributed by atoms with Crippen LogP contribution in [0.1, 0.15) is 34.3 Å². The third-order valence-electron chi connectivity index (χ3n) is 6.10. The lowest BCUT2D eigenvalue weighted by atomic mass is 9.72. The number of benzene rings is 2. The van der Waals surface area contributed by atoms with Crippen LogP contribution in [0.15, 0.2) is 53.0 Å². The highest BCUT2D eigenvalue weighted by Gasteiger charge is 2.46. The van der Waals surface area contributed by atoms with E-state index in [1.165, 1.54) is 12.1 Å². The van der Waals surface area contributed by atoms with Crippen LogP contribution in [0.3, 0.4) is 0 Å². The molecule has 0 aromatic heterocycles. The van der Waals surface area contributed by atoms with E-state index in [-0.39, 0.29) is 28.4 Å². The summed E-state index contributed by atoms with van der Waals surface area (Å²) in [7, 11) is 0. The number of halogens is 2. The maximum Gasteiger partial charge on any atom is 0.253 e. The van der Waals surface area contributed by atoms with Crippen molar-refractivity contribution >= 4 is 33.8 Å². The summed E-state index contributed by atoms with van der Waals surface area (Å²) in [4.78, 5) is 28.7. The summed E-state index contributed by atoms with van der Waals surface area (Å²) < 4.78 is 14.8. The summed E-state index contributed by atoms with van der Waals surface area (Å²) in [5.41, 5.74) is 1.23. The highest BCUT2D eigenvalue weighted by molar-refractivity contribution is 9.10. The summed E-state index contributed by atoms with van der Waals surface area (Å²) >= 11 is 3.39. The van der Waals surface area contributed by atoms with Gasteiger partial charge in [0.25, 0.3) is 5.91 Å². The second-order valence-corrected chi connectivity index (χ2v) is 9.09. The van der Waals surface area contributed by atoms with Crippen molar-refractivity contribution in [1.29, 1.82) is 5.26 Å². The number of piperidine rings is 1. The van der Waals surface area contributed by atoms with E-state index in [0.717, 1.165) is 28.9 Å². The first kappa shape index (κ1) is 21.3. The van der Waals surface area contributed by atoms with E-state index >= 15 is 0 Å². The SMILES string of the molecule is N#Cc1ccc(C(=O)N2CCC3(CC2)CN(C(=O)/C=C/c2ccc(Br)cc2)C3)cc1F. The second kappa shape index (κ2) is 8.64. The van der Waals surface area contributed by atoms with Gasteiger partial charge in [0.15, 0.2) is 0 Å². The van der Waals surface area contributed by atoms with Crippen LogP contribution in [-0.2, 0) is 4.79 Å². The third kappa shape index (κ3) is 4.54. The Morgan fingerprint density at radius 3 is 2.35 bits per heavy atom. The Morgan fingerprint density at radius 1 is 1.06 bits per heavy atom. The van der Waals surface area contributed by atoms with Crippen molar-refractivity contribution in [3.05, 3.63) is 75.5 Å². The summed E-state index contributed by atoms with van der Waals surface area (Å²) in [6, 6.07) is 13.5. The van der Waals surface area contributed by atoms with Crippen LogP contribution < -0.4 is 0 Å². The number of hydrogen-bond acceptors (Lipinski definition) is 3. The third-order valence-corrected chi connectivity index (χ3v) is 6.63. The first-order valence-corrected chi connectivity index (χ1v) is 10.9. The van der Waals surface area contributed by atoms with Gasteiger partial charge in [0, 0.05) is 47.7 Å². The van der Waals surface area contributed by atoms with Gasteiger partial charge in [0.05, 0.1) is 5.56 Å². The minimum Gasteiger partial charge on any atom is -0.339 e. The maximum absolute atomic E-state index is 13.8. The van der Waals surface area contributed by atoms with Gasteiger partial charge in [-0.3, -0.25) is 9.59 Å². The Morgan fingerprint density at radius 2 is 1.74 bits per heavy atom. The molecule has 0 bridgehead atoms. The van der Waals surface area contributed by atoms with Gasteiger partial charge in [-0.25, -0.2) is 4.39 Å². The van der Waals surface area contributed by atoms with Crippen molar-refractivity contribution in [2.75, 3.05) is 26.2 Å². The predicted octanol–water partition coefficient (Wildman–Crippen LogP) is 4.24. The predicted molar refractivity (Wildman–Crippen MR) is 118 cm³/mol. The van der Waals surface area contributed by atoms with Crippen molar-refractivity contribution in [3.63, 3.8) is 0 Å². The summed E-state index contributed by atoms with van der Waals surface area (Å²) in [5, 5.41) is 8.83. The minimum absolute atomic E-state index is 0.0000995. The zero-order valence-corrected chi connectivity index (χ0v) is 18.4. The number of likely N-dealkylation sites (tertiary alicyclic amines) is 2. The first-order valence-electron chi connectivity index (χ1n) is 10.1. The van der Waals surface area contributed by atoms with Crippen LogP contribution in [-0.4, -0.2) is 47.8 Å². The zero-order valence-electron chi connectivity index (χ0n) is 16.9. The average molecular weight is 482 g/mol. The molecule has 31 heavy (non-hydrogen) atoms. The van der Waals surface area contributed by atoms with E-state index < -0.39 is 5.82 Å². The minimum atomic E-state index is -0.675. The van der Waals surface area contributed by atoms with Crippen molar-refractivity contribution in [2.24, 2.45) is 5.41 Å². The Kier molecular flexibility index (Phi) is 5.92. The fourth-order valence-electron chi connectivity index (χ4n) is 4.19. The van der Waals surface area contributed by atoms with Gasteiger partial charge in [-0.05, 0) is 54.8 Å². The molecule has 2 aromatic carbocycles. The maximum atomic E-state index is 13.8. The second-order valence-electron chi connectivity index (χ2n) is 8.18. The molecular formula is C24H21BrFN3O2. The van der Waals surface area contributed by atoms with Gasteiger partial charge in [-0.15, -0.1) is 0 Å². The van der Waals surface area contributed by atoms with Crippen molar-refractivity contribution < 1.29 is 14.0 Å². The molecule has 2 aliphatic rings. The summed E-state index contributed by atoms with van der Waals surface area (Å²) in [6.45, 7) is 2.56. The molecule has 0 aliphatic carbocycles. The smallest absolute Gasteiger partial charge is 0.253 e. The lowest BCUT2D eigenvalue weighted by Crippen LogP contribution is -2.62. The van der Waals surface area contributed by atoms with E-state index in [4.69, 9.17) is 5.26 Å². The molecule has 2 amide bonds. The van der Waals surface area contributed by atoms with E-state index in [0.29, 0.717) is 26.2 Å².